The van der Waals surface area contributed by atoms with E-state index in [0.29, 0.717) is 13.2 Å². The highest BCUT2D eigenvalue weighted by Gasteiger charge is 1.96. The summed E-state index contributed by atoms with van der Waals surface area (Å²) in [5, 5.41) is 3.19. The zero-order valence-electron chi connectivity index (χ0n) is 9.12. The maximum Gasteiger partial charge on any atom is 0.121 e. The monoisotopic (exact) mass is 206 g/mol. The summed E-state index contributed by atoms with van der Waals surface area (Å²) in [5.74, 6) is 0.847. The van der Waals surface area contributed by atoms with Crippen molar-refractivity contribution in [3.8, 4) is 5.75 Å². The molecular formula is C12H18N2O. The fourth-order valence-corrected chi connectivity index (χ4v) is 1.12. The molecule has 82 valence electrons. The number of benzene rings is 1. The molecule has 0 aliphatic carbocycles. The van der Waals surface area contributed by atoms with Crippen LogP contribution in [-0.4, -0.2) is 19.7 Å². The molecule has 0 radical (unpaired) electrons. The van der Waals surface area contributed by atoms with E-state index in [0.717, 1.165) is 23.6 Å². The van der Waals surface area contributed by atoms with Gasteiger partial charge < -0.3 is 15.8 Å². The minimum absolute atomic E-state index is 0.556. The number of anilines is 1. The minimum Gasteiger partial charge on any atom is -0.489 e. The van der Waals surface area contributed by atoms with E-state index in [2.05, 4.69) is 11.9 Å². The van der Waals surface area contributed by atoms with Crippen molar-refractivity contribution in [2.45, 2.75) is 6.92 Å². The molecule has 0 saturated carbocycles. The number of ether oxygens (including phenoxy) is 1. The Kier molecular flexibility index (Phi) is 4.71. The van der Waals surface area contributed by atoms with E-state index >= 15 is 0 Å². The van der Waals surface area contributed by atoms with Crippen LogP contribution < -0.4 is 15.8 Å². The Bertz CT molecular complexity index is 323. The maximum atomic E-state index is 5.52. The number of nitrogens with one attached hydrogen (secondary N) is 1. The molecule has 0 unspecified atom stereocenters. The third kappa shape index (κ3) is 4.51. The lowest BCUT2D eigenvalue weighted by atomic mass is 10.3. The van der Waals surface area contributed by atoms with Gasteiger partial charge in [-0.25, -0.2) is 0 Å². The van der Waals surface area contributed by atoms with Gasteiger partial charge in [0, 0.05) is 24.8 Å². The lowest BCUT2D eigenvalue weighted by molar-refractivity contribution is 0.353. The molecule has 0 heterocycles. The van der Waals surface area contributed by atoms with E-state index in [1.807, 2.05) is 31.2 Å². The second kappa shape index (κ2) is 6.09. The van der Waals surface area contributed by atoms with Crippen LogP contribution in [0, 0.1) is 0 Å². The van der Waals surface area contributed by atoms with Crippen LogP contribution in [0.25, 0.3) is 0 Å². The highest BCUT2D eigenvalue weighted by Crippen LogP contribution is 2.17. The van der Waals surface area contributed by atoms with Crippen molar-refractivity contribution in [2.24, 2.45) is 5.73 Å². The average molecular weight is 206 g/mol. The van der Waals surface area contributed by atoms with E-state index < -0.39 is 0 Å². The van der Waals surface area contributed by atoms with Crippen LogP contribution in [0.4, 0.5) is 5.69 Å². The van der Waals surface area contributed by atoms with Crippen LogP contribution in [0.5, 0.6) is 5.75 Å². The summed E-state index contributed by atoms with van der Waals surface area (Å²) in [6, 6.07) is 7.82. The first-order chi connectivity index (χ1) is 7.22. The molecule has 1 aromatic rings. The van der Waals surface area contributed by atoms with E-state index in [1.165, 1.54) is 0 Å². The lowest BCUT2D eigenvalue weighted by Gasteiger charge is -2.08. The second-order valence-corrected chi connectivity index (χ2v) is 3.49. The van der Waals surface area contributed by atoms with Gasteiger partial charge in [0.15, 0.2) is 0 Å². The minimum atomic E-state index is 0.556. The summed E-state index contributed by atoms with van der Waals surface area (Å²) in [6.45, 7) is 7.67. The molecule has 15 heavy (non-hydrogen) atoms. The van der Waals surface area contributed by atoms with Crippen LogP contribution in [0.15, 0.2) is 36.4 Å². The van der Waals surface area contributed by atoms with Crippen LogP contribution in [-0.2, 0) is 0 Å². The van der Waals surface area contributed by atoms with Crippen molar-refractivity contribution in [3.63, 3.8) is 0 Å². The van der Waals surface area contributed by atoms with E-state index in [9.17, 15) is 0 Å². The molecule has 0 aliphatic rings. The van der Waals surface area contributed by atoms with E-state index in [1.54, 1.807) is 0 Å². The molecule has 0 spiro atoms. The molecule has 1 aromatic carbocycles. The Morgan fingerprint density at radius 1 is 1.53 bits per heavy atom. The Hall–Kier alpha value is -1.48. The molecule has 3 heteroatoms. The Morgan fingerprint density at radius 2 is 2.33 bits per heavy atom. The van der Waals surface area contributed by atoms with Crippen molar-refractivity contribution >= 4 is 5.69 Å². The number of hydrogen-bond acceptors (Lipinski definition) is 3. The van der Waals surface area contributed by atoms with Gasteiger partial charge in [0.05, 0.1) is 0 Å². The lowest BCUT2D eigenvalue weighted by Crippen LogP contribution is -2.13. The van der Waals surface area contributed by atoms with Crippen LogP contribution in [0.1, 0.15) is 6.92 Å². The molecule has 0 saturated heterocycles. The summed E-state index contributed by atoms with van der Waals surface area (Å²) < 4.78 is 5.52. The molecule has 0 bridgehead atoms. The SMILES string of the molecule is C=C(C)COc1cccc(NCCN)c1. The van der Waals surface area contributed by atoms with Gasteiger partial charge in [-0.1, -0.05) is 12.6 Å². The first kappa shape index (κ1) is 11.6. The van der Waals surface area contributed by atoms with Gasteiger partial charge >= 0.3 is 0 Å². The average Bonchev–Trinajstić information content (AvgIpc) is 2.24. The third-order valence-corrected chi connectivity index (χ3v) is 1.79. The van der Waals surface area contributed by atoms with Gasteiger partial charge in [-0.05, 0) is 24.6 Å². The Morgan fingerprint density at radius 3 is 3.00 bits per heavy atom. The summed E-state index contributed by atoms with van der Waals surface area (Å²) >= 11 is 0. The fourth-order valence-electron chi connectivity index (χ4n) is 1.12. The predicted octanol–water partition coefficient (Wildman–Crippen LogP) is 2.01. The van der Waals surface area contributed by atoms with Crippen LogP contribution in [0.2, 0.25) is 0 Å². The summed E-state index contributed by atoms with van der Waals surface area (Å²) in [6.07, 6.45) is 0. The molecule has 0 aliphatic heterocycles. The molecule has 0 amide bonds. The zero-order valence-corrected chi connectivity index (χ0v) is 9.12. The Balaban J connectivity index is 2.53. The number of hydrogen-bond donors (Lipinski definition) is 2. The second-order valence-electron chi connectivity index (χ2n) is 3.49. The van der Waals surface area contributed by atoms with Crippen molar-refractivity contribution < 1.29 is 4.74 Å². The number of nitrogens with two attached hydrogens (primary N) is 1. The van der Waals surface area contributed by atoms with Crippen molar-refractivity contribution in [1.82, 2.24) is 0 Å². The topological polar surface area (TPSA) is 47.3 Å². The summed E-state index contributed by atoms with van der Waals surface area (Å²) in [5.41, 5.74) is 7.44. The van der Waals surface area contributed by atoms with E-state index in [-0.39, 0.29) is 0 Å². The smallest absolute Gasteiger partial charge is 0.121 e. The van der Waals surface area contributed by atoms with Gasteiger partial charge in [0.1, 0.15) is 12.4 Å². The highest BCUT2D eigenvalue weighted by molar-refractivity contribution is 5.48. The van der Waals surface area contributed by atoms with Crippen molar-refractivity contribution in [1.29, 1.82) is 0 Å². The van der Waals surface area contributed by atoms with Crippen molar-refractivity contribution in [3.05, 3.63) is 36.4 Å². The van der Waals surface area contributed by atoms with Gasteiger partial charge in [-0.3, -0.25) is 0 Å². The first-order valence-corrected chi connectivity index (χ1v) is 5.03. The maximum absolute atomic E-state index is 5.52. The predicted molar refractivity (Wildman–Crippen MR) is 64.3 cm³/mol. The molecule has 1 rings (SSSR count). The quantitative estimate of drug-likeness (QED) is 0.700. The molecule has 3 N–H and O–H groups in total. The Labute approximate surface area is 90.9 Å². The fraction of sp³-hybridized carbons (Fsp3) is 0.333. The van der Waals surface area contributed by atoms with Gasteiger partial charge in [-0.2, -0.15) is 0 Å². The van der Waals surface area contributed by atoms with E-state index in [4.69, 9.17) is 10.5 Å². The molecular weight excluding hydrogens is 188 g/mol. The molecule has 0 fully saturated rings. The van der Waals surface area contributed by atoms with Gasteiger partial charge in [0.2, 0.25) is 0 Å². The zero-order chi connectivity index (χ0) is 11.1. The largest absolute Gasteiger partial charge is 0.489 e. The number of rotatable bonds is 6. The summed E-state index contributed by atoms with van der Waals surface area (Å²) in [4.78, 5) is 0. The molecule has 3 nitrogen and oxygen atoms in total. The molecule has 0 aromatic heterocycles. The standard InChI is InChI=1S/C12H18N2O/c1-10(2)9-15-12-5-3-4-11(8-12)14-7-6-13/h3-5,8,14H,1,6-7,9,13H2,2H3. The first-order valence-electron chi connectivity index (χ1n) is 5.03. The third-order valence-electron chi connectivity index (χ3n) is 1.79. The van der Waals surface area contributed by atoms with Gasteiger partial charge in [-0.15, -0.1) is 0 Å². The van der Waals surface area contributed by atoms with Crippen LogP contribution >= 0.6 is 0 Å². The molecule has 0 atom stereocenters. The summed E-state index contributed by atoms with van der Waals surface area (Å²) in [7, 11) is 0. The van der Waals surface area contributed by atoms with Crippen LogP contribution in [0.3, 0.4) is 0 Å². The van der Waals surface area contributed by atoms with Crippen molar-refractivity contribution in [2.75, 3.05) is 25.0 Å². The highest BCUT2D eigenvalue weighted by atomic mass is 16.5. The normalized spacial score (nSPS) is 9.73. The van der Waals surface area contributed by atoms with Gasteiger partial charge in [0.25, 0.3) is 0 Å².